The number of hydrogen-bond donors (Lipinski definition) is 2. The van der Waals surface area contributed by atoms with E-state index in [2.05, 4.69) is 10.0 Å². The zero-order valence-corrected chi connectivity index (χ0v) is 20.9. The fourth-order valence-corrected chi connectivity index (χ4v) is 5.20. The van der Waals surface area contributed by atoms with Gasteiger partial charge in [0.15, 0.2) is 0 Å². The van der Waals surface area contributed by atoms with Gasteiger partial charge in [-0.3, -0.25) is 4.79 Å². The number of ether oxygens (including phenoxy) is 1. The first-order valence-corrected chi connectivity index (χ1v) is 12.9. The van der Waals surface area contributed by atoms with E-state index >= 15 is 0 Å². The van der Waals surface area contributed by atoms with Crippen molar-refractivity contribution in [1.82, 2.24) is 4.72 Å². The standard InChI is InChI=1S/C27H32N2O4S/c1-5-21-13-10-14-22(6-2)26(21)28-27(30)24(18-20-11-8-7-9-12-20)29-34(31,32)23-15-16-25(33-4)19(3)17-23/h7-17,24,29H,5-6,18H2,1-4H3,(H,28,30)/t24-/m0/s1. The minimum absolute atomic E-state index is 0.0832. The van der Waals surface area contributed by atoms with Crippen molar-refractivity contribution in [2.24, 2.45) is 0 Å². The van der Waals surface area contributed by atoms with Crippen molar-refractivity contribution < 1.29 is 17.9 Å². The molecule has 180 valence electrons. The number of methoxy groups -OCH3 is 1. The number of para-hydroxylation sites is 1. The van der Waals surface area contributed by atoms with Crippen LogP contribution in [0.4, 0.5) is 5.69 Å². The van der Waals surface area contributed by atoms with Gasteiger partial charge in [-0.15, -0.1) is 0 Å². The Morgan fingerprint density at radius 2 is 1.59 bits per heavy atom. The summed E-state index contributed by atoms with van der Waals surface area (Å²) in [5.41, 5.74) is 4.34. The molecular formula is C27H32N2O4S. The summed E-state index contributed by atoms with van der Waals surface area (Å²) in [4.78, 5) is 13.6. The lowest BCUT2D eigenvalue weighted by atomic mass is 10.0. The Morgan fingerprint density at radius 1 is 0.941 bits per heavy atom. The van der Waals surface area contributed by atoms with Crippen molar-refractivity contribution in [1.29, 1.82) is 0 Å². The lowest BCUT2D eigenvalue weighted by Crippen LogP contribution is -2.45. The van der Waals surface area contributed by atoms with Crippen LogP contribution < -0.4 is 14.8 Å². The molecule has 0 fully saturated rings. The predicted octanol–water partition coefficient (Wildman–Crippen LogP) is 4.66. The molecule has 0 bridgehead atoms. The van der Waals surface area contributed by atoms with Crippen molar-refractivity contribution in [3.8, 4) is 5.75 Å². The summed E-state index contributed by atoms with van der Waals surface area (Å²) in [7, 11) is -2.43. The van der Waals surface area contributed by atoms with E-state index in [9.17, 15) is 13.2 Å². The van der Waals surface area contributed by atoms with Gasteiger partial charge in [0.1, 0.15) is 11.8 Å². The maximum atomic E-state index is 13.5. The second-order valence-electron chi connectivity index (χ2n) is 8.14. The molecule has 0 aliphatic carbocycles. The number of carbonyl (C=O) groups excluding carboxylic acids is 1. The first-order valence-electron chi connectivity index (χ1n) is 11.4. The zero-order chi connectivity index (χ0) is 24.7. The van der Waals surface area contributed by atoms with E-state index in [4.69, 9.17) is 4.74 Å². The minimum Gasteiger partial charge on any atom is -0.496 e. The average molecular weight is 481 g/mol. The molecule has 0 heterocycles. The van der Waals surface area contributed by atoms with E-state index in [0.29, 0.717) is 11.3 Å². The number of nitrogens with one attached hydrogen (secondary N) is 2. The van der Waals surface area contributed by atoms with Crippen molar-refractivity contribution >= 4 is 21.6 Å². The Morgan fingerprint density at radius 3 is 2.15 bits per heavy atom. The second kappa shape index (κ2) is 11.3. The van der Waals surface area contributed by atoms with Crippen LogP contribution >= 0.6 is 0 Å². The predicted molar refractivity (Wildman–Crippen MR) is 136 cm³/mol. The summed E-state index contributed by atoms with van der Waals surface area (Å²) in [6.07, 6.45) is 1.73. The molecule has 1 amide bonds. The highest BCUT2D eigenvalue weighted by molar-refractivity contribution is 7.89. The molecule has 1 atom stereocenters. The van der Waals surface area contributed by atoms with Crippen molar-refractivity contribution in [3.05, 3.63) is 89.0 Å². The van der Waals surface area contributed by atoms with Gasteiger partial charge in [0, 0.05) is 5.69 Å². The number of anilines is 1. The number of rotatable bonds is 10. The first-order chi connectivity index (χ1) is 16.3. The van der Waals surface area contributed by atoms with E-state index in [1.54, 1.807) is 19.1 Å². The molecule has 0 aromatic heterocycles. The molecule has 3 aromatic rings. The summed E-state index contributed by atoms with van der Waals surface area (Å²) < 4.78 is 34.4. The quantitative estimate of drug-likeness (QED) is 0.442. The fourth-order valence-electron chi connectivity index (χ4n) is 3.92. The lowest BCUT2D eigenvalue weighted by Gasteiger charge is -2.21. The van der Waals surface area contributed by atoms with Crippen molar-refractivity contribution in [2.45, 2.75) is 51.0 Å². The highest BCUT2D eigenvalue weighted by Gasteiger charge is 2.27. The lowest BCUT2D eigenvalue weighted by molar-refractivity contribution is -0.117. The molecule has 2 N–H and O–H groups in total. The molecule has 3 rings (SSSR count). The molecule has 0 saturated heterocycles. The maximum absolute atomic E-state index is 13.5. The summed E-state index contributed by atoms with van der Waals surface area (Å²) in [6.45, 7) is 5.83. The van der Waals surface area contributed by atoms with Gasteiger partial charge in [-0.2, -0.15) is 4.72 Å². The molecule has 0 radical (unpaired) electrons. The van der Waals surface area contributed by atoms with E-state index in [1.165, 1.54) is 13.2 Å². The van der Waals surface area contributed by atoms with Gasteiger partial charge in [-0.05, 0) is 66.6 Å². The summed E-state index contributed by atoms with van der Waals surface area (Å²) in [6, 6.07) is 18.9. The van der Waals surface area contributed by atoms with Crippen LogP contribution in [0, 0.1) is 6.92 Å². The number of sulfonamides is 1. The van der Waals surface area contributed by atoms with E-state index < -0.39 is 22.0 Å². The van der Waals surface area contributed by atoms with Crippen LogP contribution in [0.3, 0.4) is 0 Å². The van der Waals surface area contributed by atoms with Gasteiger partial charge in [0.05, 0.1) is 12.0 Å². The number of carbonyl (C=O) groups is 1. The van der Waals surface area contributed by atoms with Crippen molar-refractivity contribution in [3.63, 3.8) is 0 Å². The molecular weight excluding hydrogens is 448 g/mol. The Hall–Kier alpha value is -3.16. The molecule has 0 unspecified atom stereocenters. The largest absolute Gasteiger partial charge is 0.496 e. The third-order valence-corrected chi connectivity index (χ3v) is 7.29. The minimum atomic E-state index is -3.96. The summed E-state index contributed by atoms with van der Waals surface area (Å²) in [5, 5.41) is 3.02. The highest BCUT2D eigenvalue weighted by Crippen LogP contribution is 2.24. The molecule has 7 heteroatoms. The molecule has 0 aliphatic rings. The smallest absolute Gasteiger partial charge is 0.242 e. The molecule has 6 nitrogen and oxygen atoms in total. The Bertz CT molecular complexity index is 1220. The molecule has 34 heavy (non-hydrogen) atoms. The van der Waals surface area contributed by atoms with Crippen LogP contribution in [0.5, 0.6) is 5.75 Å². The van der Waals surface area contributed by atoms with E-state index in [1.807, 2.05) is 62.4 Å². The monoisotopic (exact) mass is 480 g/mol. The number of hydrogen-bond acceptors (Lipinski definition) is 4. The Kier molecular flexibility index (Phi) is 8.47. The number of amides is 1. The van der Waals surface area contributed by atoms with E-state index in [0.717, 1.165) is 35.2 Å². The van der Waals surface area contributed by atoms with Gasteiger partial charge in [0.25, 0.3) is 0 Å². The van der Waals surface area contributed by atoms with Crippen molar-refractivity contribution in [2.75, 3.05) is 12.4 Å². The molecule has 0 saturated carbocycles. The van der Waals surface area contributed by atoms with Crippen LogP contribution in [0.1, 0.15) is 36.1 Å². The SMILES string of the molecule is CCc1cccc(CC)c1NC(=O)[C@H](Cc1ccccc1)NS(=O)(=O)c1ccc(OC)c(C)c1. The molecule has 3 aromatic carbocycles. The third kappa shape index (κ3) is 6.04. The average Bonchev–Trinajstić information content (AvgIpc) is 2.84. The number of aryl methyl sites for hydroxylation is 3. The fraction of sp³-hybridized carbons (Fsp3) is 0.296. The second-order valence-corrected chi connectivity index (χ2v) is 9.86. The summed E-state index contributed by atoms with van der Waals surface area (Å²) >= 11 is 0. The van der Waals surface area contributed by atoms with Gasteiger partial charge >= 0.3 is 0 Å². The zero-order valence-electron chi connectivity index (χ0n) is 20.1. The van der Waals surface area contributed by atoms with Gasteiger partial charge in [-0.1, -0.05) is 62.4 Å². The Labute approximate surface area is 202 Å². The van der Waals surface area contributed by atoms with Gasteiger partial charge in [0.2, 0.25) is 15.9 Å². The Balaban J connectivity index is 1.94. The van der Waals surface area contributed by atoms with Crippen LogP contribution in [0.25, 0.3) is 0 Å². The number of benzene rings is 3. The third-order valence-electron chi connectivity index (χ3n) is 5.82. The highest BCUT2D eigenvalue weighted by atomic mass is 32.2. The van der Waals surface area contributed by atoms with Gasteiger partial charge in [-0.25, -0.2) is 8.42 Å². The molecule has 0 spiro atoms. The van der Waals surface area contributed by atoms with Crippen LogP contribution in [-0.2, 0) is 34.1 Å². The molecule has 0 aliphatic heterocycles. The normalized spacial score (nSPS) is 12.2. The first kappa shape index (κ1) is 25.5. The van der Waals surface area contributed by atoms with Gasteiger partial charge < -0.3 is 10.1 Å². The summed E-state index contributed by atoms with van der Waals surface area (Å²) in [5.74, 6) is 0.203. The van der Waals surface area contributed by atoms with Crippen LogP contribution in [0.15, 0.2) is 71.6 Å². The topological polar surface area (TPSA) is 84.5 Å². The van der Waals surface area contributed by atoms with Crippen LogP contribution in [-0.4, -0.2) is 27.5 Å². The van der Waals surface area contributed by atoms with Crippen LogP contribution in [0.2, 0.25) is 0 Å². The maximum Gasteiger partial charge on any atom is 0.242 e. The van der Waals surface area contributed by atoms with E-state index in [-0.39, 0.29) is 11.3 Å².